The monoisotopic (exact) mass is 371 g/mol. The number of unbranched alkanes of at least 4 members (excludes halogenated alkanes) is 9. The summed E-state index contributed by atoms with van der Waals surface area (Å²) in [6.45, 7) is 4.13. The van der Waals surface area contributed by atoms with E-state index in [0.717, 1.165) is 6.54 Å². The lowest BCUT2D eigenvalue weighted by Crippen LogP contribution is -3.00. The van der Waals surface area contributed by atoms with Gasteiger partial charge in [-0.15, -0.1) is 0 Å². The molecule has 0 atom stereocenters. The van der Waals surface area contributed by atoms with E-state index in [2.05, 4.69) is 36.0 Å². The molecule has 0 aromatic carbocycles. The minimum absolute atomic E-state index is 0. The second-order valence-electron chi connectivity index (χ2n) is 6.06. The molecule has 0 unspecified atom stereocenters. The molecule has 1 rings (SSSR count). The summed E-state index contributed by atoms with van der Waals surface area (Å²) in [6, 6.07) is 4.31. The second kappa shape index (κ2) is 15.5. The molecule has 0 aliphatic heterocycles. The SMILES string of the molecule is CCCCCCCCCCCC[n+]1ccc(COC)cc1.[Br-]. The highest BCUT2D eigenvalue weighted by molar-refractivity contribution is 5.05. The molecule has 0 radical (unpaired) electrons. The van der Waals surface area contributed by atoms with E-state index in [-0.39, 0.29) is 17.0 Å². The van der Waals surface area contributed by atoms with Gasteiger partial charge in [0, 0.05) is 25.7 Å². The first kappa shape index (κ1) is 21.6. The molecule has 0 spiro atoms. The highest BCUT2D eigenvalue weighted by atomic mass is 79.9. The third-order valence-corrected chi connectivity index (χ3v) is 4.04. The predicted molar refractivity (Wildman–Crippen MR) is 89.2 cm³/mol. The van der Waals surface area contributed by atoms with Gasteiger partial charge in [0.05, 0.1) is 6.61 Å². The minimum atomic E-state index is 0. The predicted octanol–water partition coefficient (Wildman–Crippen LogP) is 2.05. The van der Waals surface area contributed by atoms with Crippen LogP contribution in [0.15, 0.2) is 24.5 Å². The van der Waals surface area contributed by atoms with Crippen molar-refractivity contribution in [3.8, 4) is 0 Å². The molecule has 0 fully saturated rings. The van der Waals surface area contributed by atoms with Crippen LogP contribution in [-0.4, -0.2) is 7.11 Å². The van der Waals surface area contributed by atoms with E-state index in [4.69, 9.17) is 4.74 Å². The van der Waals surface area contributed by atoms with E-state index in [1.807, 2.05) is 0 Å². The van der Waals surface area contributed by atoms with Gasteiger partial charge in [0.15, 0.2) is 12.4 Å². The van der Waals surface area contributed by atoms with Crippen molar-refractivity contribution in [3.63, 3.8) is 0 Å². The number of hydrogen-bond acceptors (Lipinski definition) is 1. The van der Waals surface area contributed by atoms with Crippen LogP contribution in [0.4, 0.5) is 0 Å². The Kier molecular flexibility index (Phi) is 15.2. The standard InChI is InChI=1S/C19H34NO.BrH/c1-3-4-5-6-7-8-9-10-11-12-15-20-16-13-19(14-17-20)18-21-2;/h13-14,16-17H,3-12,15,18H2,1-2H3;1H/q+1;/p-1. The Morgan fingerprint density at radius 1 is 0.818 bits per heavy atom. The maximum absolute atomic E-state index is 5.13. The van der Waals surface area contributed by atoms with Crippen molar-refractivity contribution in [2.24, 2.45) is 0 Å². The summed E-state index contributed by atoms with van der Waals surface area (Å²) in [6.07, 6.45) is 18.3. The number of rotatable bonds is 13. The quantitative estimate of drug-likeness (QED) is 0.382. The van der Waals surface area contributed by atoms with Crippen molar-refractivity contribution < 1.29 is 26.3 Å². The Balaban J connectivity index is 0.00000441. The van der Waals surface area contributed by atoms with Gasteiger partial charge in [-0.2, -0.15) is 0 Å². The van der Waals surface area contributed by atoms with Crippen molar-refractivity contribution in [2.45, 2.75) is 84.3 Å². The molecule has 0 amide bonds. The van der Waals surface area contributed by atoms with Crippen LogP contribution in [0.1, 0.15) is 76.7 Å². The molecule has 1 aromatic rings. The molecule has 1 heterocycles. The lowest BCUT2D eigenvalue weighted by molar-refractivity contribution is -0.697. The van der Waals surface area contributed by atoms with E-state index in [1.54, 1.807) is 7.11 Å². The average molecular weight is 372 g/mol. The van der Waals surface area contributed by atoms with Crippen LogP contribution in [0.25, 0.3) is 0 Å². The van der Waals surface area contributed by atoms with Crippen LogP contribution in [0.3, 0.4) is 0 Å². The zero-order valence-corrected chi connectivity index (χ0v) is 16.1. The van der Waals surface area contributed by atoms with Gasteiger partial charge in [0.25, 0.3) is 0 Å². The molecule has 0 aliphatic carbocycles. The van der Waals surface area contributed by atoms with Crippen molar-refractivity contribution >= 4 is 0 Å². The van der Waals surface area contributed by atoms with E-state index < -0.39 is 0 Å². The maximum Gasteiger partial charge on any atom is 0.169 e. The number of nitrogens with zero attached hydrogens (tertiary/aromatic N) is 1. The molecule has 2 nitrogen and oxygen atoms in total. The Labute approximate surface area is 148 Å². The summed E-state index contributed by atoms with van der Waals surface area (Å²) in [5, 5.41) is 0. The second-order valence-corrected chi connectivity index (χ2v) is 6.06. The number of aromatic nitrogens is 1. The van der Waals surface area contributed by atoms with Crippen LogP contribution in [0.2, 0.25) is 0 Å². The highest BCUT2D eigenvalue weighted by Gasteiger charge is 2.01. The van der Waals surface area contributed by atoms with Gasteiger partial charge in [-0.05, 0) is 12.0 Å². The molecule has 0 saturated heterocycles. The first-order valence-electron chi connectivity index (χ1n) is 8.83. The van der Waals surface area contributed by atoms with Gasteiger partial charge in [-0.25, -0.2) is 4.57 Å². The molecular formula is C19H34BrNO. The van der Waals surface area contributed by atoms with Gasteiger partial charge >= 0.3 is 0 Å². The number of methoxy groups -OCH3 is 1. The summed E-state index contributed by atoms with van der Waals surface area (Å²) < 4.78 is 7.41. The first-order valence-corrected chi connectivity index (χ1v) is 8.83. The zero-order valence-electron chi connectivity index (χ0n) is 14.5. The Morgan fingerprint density at radius 2 is 1.32 bits per heavy atom. The third kappa shape index (κ3) is 11.2. The van der Waals surface area contributed by atoms with E-state index >= 15 is 0 Å². The largest absolute Gasteiger partial charge is 1.00 e. The third-order valence-electron chi connectivity index (χ3n) is 4.04. The van der Waals surface area contributed by atoms with Crippen molar-refractivity contribution in [1.82, 2.24) is 0 Å². The van der Waals surface area contributed by atoms with Crippen LogP contribution < -0.4 is 21.5 Å². The van der Waals surface area contributed by atoms with Gasteiger partial charge < -0.3 is 21.7 Å². The van der Waals surface area contributed by atoms with E-state index in [1.165, 1.54) is 69.8 Å². The van der Waals surface area contributed by atoms with Gasteiger partial charge in [0.2, 0.25) is 0 Å². The fraction of sp³-hybridized carbons (Fsp3) is 0.737. The van der Waals surface area contributed by atoms with Gasteiger partial charge in [-0.1, -0.05) is 58.3 Å². The Hall–Kier alpha value is -0.410. The molecule has 3 heteroatoms. The number of aryl methyl sites for hydroxylation is 1. The fourth-order valence-electron chi connectivity index (χ4n) is 2.68. The molecule has 0 bridgehead atoms. The molecular weight excluding hydrogens is 338 g/mol. The molecule has 0 aliphatic rings. The topological polar surface area (TPSA) is 13.1 Å². The number of hydrogen-bond donors (Lipinski definition) is 0. The first-order chi connectivity index (χ1) is 10.4. The summed E-state index contributed by atoms with van der Waals surface area (Å²) in [5.41, 5.74) is 1.25. The average Bonchev–Trinajstić information content (AvgIpc) is 2.51. The molecule has 0 saturated carbocycles. The van der Waals surface area contributed by atoms with E-state index in [0.29, 0.717) is 6.61 Å². The van der Waals surface area contributed by atoms with Crippen LogP contribution in [-0.2, 0) is 17.9 Å². The molecule has 22 heavy (non-hydrogen) atoms. The summed E-state index contributed by atoms with van der Waals surface area (Å²) in [5.74, 6) is 0. The normalized spacial score (nSPS) is 10.5. The van der Waals surface area contributed by atoms with Crippen LogP contribution in [0.5, 0.6) is 0 Å². The van der Waals surface area contributed by atoms with Crippen LogP contribution in [0, 0.1) is 0 Å². The van der Waals surface area contributed by atoms with Crippen LogP contribution >= 0.6 is 0 Å². The summed E-state index contributed by atoms with van der Waals surface area (Å²) in [7, 11) is 1.74. The fourth-order valence-corrected chi connectivity index (χ4v) is 2.68. The lowest BCUT2D eigenvalue weighted by atomic mass is 10.1. The van der Waals surface area contributed by atoms with Gasteiger partial charge in [-0.3, -0.25) is 0 Å². The Bertz CT molecular complexity index is 340. The lowest BCUT2D eigenvalue weighted by Gasteiger charge is -2.02. The van der Waals surface area contributed by atoms with Gasteiger partial charge in [0.1, 0.15) is 6.54 Å². The number of pyridine rings is 1. The van der Waals surface area contributed by atoms with Crippen molar-refractivity contribution in [3.05, 3.63) is 30.1 Å². The zero-order chi connectivity index (χ0) is 15.2. The Morgan fingerprint density at radius 3 is 1.82 bits per heavy atom. The molecule has 1 aromatic heterocycles. The highest BCUT2D eigenvalue weighted by Crippen LogP contribution is 2.10. The van der Waals surface area contributed by atoms with Crippen molar-refractivity contribution in [1.29, 1.82) is 0 Å². The smallest absolute Gasteiger partial charge is 0.169 e. The maximum atomic E-state index is 5.13. The summed E-state index contributed by atoms with van der Waals surface area (Å²) >= 11 is 0. The van der Waals surface area contributed by atoms with E-state index in [9.17, 15) is 0 Å². The molecule has 0 N–H and O–H groups in total. The molecule has 128 valence electrons. The number of ether oxygens (including phenoxy) is 1. The van der Waals surface area contributed by atoms with Crippen molar-refractivity contribution in [2.75, 3.05) is 7.11 Å². The minimum Gasteiger partial charge on any atom is -1.00 e. The number of halogens is 1. The summed E-state index contributed by atoms with van der Waals surface area (Å²) in [4.78, 5) is 0.